The van der Waals surface area contributed by atoms with E-state index < -0.39 is 0 Å². The van der Waals surface area contributed by atoms with Crippen LogP contribution in [0.3, 0.4) is 0 Å². The molecule has 7 saturated heterocycles. The third kappa shape index (κ3) is 63.4. The number of hydrogen-bond acceptors (Lipinski definition) is 13. The third-order valence-electron chi connectivity index (χ3n) is 30.1. The van der Waals surface area contributed by atoms with Crippen molar-refractivity contribution in [2.45, 2.75) is 425 Å². The number of nitrogens with one attached hydrogen (secondary N) is 3. The summed E-state index contributed by atoms with van der Waals surface area (Å²) in [6, 6.07) is 53.2. The van der Waals surface area contributed by atoms with E-state index in [9.17, 15) is 19.2 Å². The summed E-state index contributed by atoms with van der Waals surface area (Å²) in [5, 5.41) is 10.0. The van der Waals surface area contributed by atoms with Crippen molar-refractivity contribution in [3.05, 3.63) is 196 Å². The average molecular weight is 1970 g/mol. The van der Waals surface area contributed by atoms with Crippen LogP contribution in [0.15, 0.2) is 152 Å². The molecule has 2 aliphatic carbocycles. The second-order valence-corrected chi connectivity index (χ2v) is 42.4. The summed E-state index contributed by atoms with van der Waals surface area (Å²) in [6.45, 7) is 54.8. The Morgan fingerprint density at radius 1 is 0.385 bits per heavy atom. The number of amides is 2. The van der Waals surface area contributed by atoms with Crippen molar-refractivity contribution >= 4 is 34.8 Å². The number of hydrogen-bond donors (Lipinski definition) is 4. The van der Waals surface area contributed by atoms with Gasteiger partial charge in [-0.05, 0) is 344 Å². The molecule has 7 aliphatic heterocycles. The van der Waals surface area contributed by atoms with Gasteiger partial charge in [0.15, 0.2) is 0 Å². The van der Waals surface area contributed by atoms with E-state index in [0.29, 0.717) is 54.6 Å². The molecule has 0 atom stereocenters. The number of likely N-dealkylation sites (tertiary alicyclic amines) is 4. The highest BCUT2D eigenvalue weighted by atomic mass is 16.2. The van der Waals surface area contributed by atoms with Crippen LogP contribution in [0, 0.1) is 29.6 Å². The lowest BCUT2D eigenvalue weighted by Crippen LogP contribution is -2.43. The van der Waals surface area contributed by atoms with Crippen LogP contribution < -0.4 is 31.5 Å². The Bertz CT molecular complexity index is 3930. The molecular formula is C128H217N11O4. The first-order chi connectivity index (χ1) is 69.8. The molecule has 2 amide bonds. The van der Waals surface area contributed by atoms with Gasteiger partial charge in [0.1, 0.15) is 11.6 Å². The van der Waals surface area contributed by atoms with Gasteiger partial charge < -0.3 is 46.2 Å². The highest BCUT2D eigenvalue weighted by molar-refractivity contribution is 5.78. The van der Waals surface area contributed by atoms with Crippen LogP contribution in [-0.2, 0) is 70.7 Å². The quantitative estimate of drug-likeness (QED) is 0.0283. The van der Waals surface area contributed by atoms with E-state index in [0.717, 1.165) is 147 Å². The highest BCUT2D eigenvalue weighted by Gasteiger charge is 2.23. The van der Waals surface area contributed by atoms with Gasteiger partial charge >= 0.3 is 0 Å². The van der Waals surface area contributed by atoms with Crippen LogP contribution in [0.25, 0.3) is 0 Å². The normalized spacial score (nSPS) is 18.6. The predicted molar refractivity (Wildman–Crippen MR) is 620 cm³/mol. The van der Waals surface area contributed by atoms with Crippen molar-refractivity contribution in [2.75, 3.05) is 134 Å². The summed E-state index contributed by atoms with van der Waals surface area (Å²) >= 11 is 0. The van der Waals surface area contributed by atoms with E-state index in [4.69, 9.17) is 5.73 Å². The van der Waals surface area contributed by atoms with Gasteiger partial charge in [-0.3, -0.25) is 29.1 Å². The second-order valence-electron chi connectivity index (χ2n) is 42.4. The third-order valence-corrected chi connectivity index (χ3v) is 30.1. The molecule has 15 heteroatoms. The van der Waals surface area contributed by atoms with Gasteiger partial charge in [-0.2, -0.15) is 0 Å². The second kappa shape index (κ2) is 85.8. The molecule has 6 aromatic rings. The number of para-hydroxylation sites is 1. The lowest BCUT2D eigenvalue weighted by molar-refractivity contribution is -0.132. The van der Waals surface area contributed by atoms with Crippen LogP contribution in [0.4, 0.5) is 11.4 Å². The summed E-state index contributed by atoms with van der Waals surface area (Å²) in [4.78, 5) is 62.2. The lowest BCUT2D eigenvalue weighted by atomic mass is 9.82. The van der Waals surface area contributed by atoms with Gasteiger partial charge in [-0.15, -0.1) is 0 Å². The number of aromatic nitrogens is 1. The van der Waals surface area contributed by atoms with Gasteiger partial charge in [-0.25, -0.2) is 0 Å². The number of piperidine rings is 6. The minimum Gasteiger partial charge on any atom is -0.371 e. The number of carbonyl (C=O) groups excluding carboxylic acids is 4. The number of piperazine rings is 1. The SMILES string of the molecule is CC(=O)CCN1CCCCC1.CCC(=O)CC1CCNCC1.CCC(=O)N1CCC(C)CC1.CCC(=O)N1CCCCC1.CCC1CCC(C)CC1.CCCC1CCC(N)CC1.CCCCCCCc1ccccn1.CCCCNCCC.CCc1ccc(CCCc2ccccc2)cc1.CCc1ccc(CN2CCCCC2)cc1.CCc1cccc(N2CCNCC2)c1.CCc1ccccc1N1CCCCC1. The molecular weight excluding hydrogens is 1760 g/mol. The van der Waals surface area contributed by atoms with Crippen molar-refractivity contribution in [2.24, 2.45) is 35.3 Å². The molecule has 143 heavy (non-hydrogen) atoms. The number of Topliss-reactive ketones (excluding diaryl/α,β-unsaturated/α-hetero) is 2. The van der Waals surface area contributed by atoms with Crippen LogP contribution in [0.2, 0.25) is 0 Å². The number of nitrogens with two attached hydrogens (primary N) is 1. The zero-order valence-corrected chi connectivity index (χ0v) is 94.8. The summed E-state index contributed by atoms with van der Waals surface area (Å²) in [5.41, 5.74) is 20.0. The van der Waals surface area contributed by atoms with E-state index >= 15 is 0 Å². The van der Waals surface area contributed by atoms with Crippen molar-refractivity contribution in [1.29, 1.82) is 0 Å². The minimum atomic E-state index is 0.315. The summed E-state index contributed by atoms with van der Waals surface area (Å²) in [6.07, 6.45) is 61.6. The molecule has 9 aliphatic rings. The van der Waals surface area contributed by atoms with Crippen LogP contribution in [-0.4, -0.2) is 178 Å². The number of unbranched alkanes of at least 4 members (excludes halogenated alkanes) is 5. The van der Waals surface area contributed by atoms with E-state index in [1.807, 2.05) is 42.8 Å². The Morgan fingerprint density at radius 2 is 0.888 bits per heavy atom. The fourth-order valence-electron chi connectivity index (χ4n) is 20.1. The minimum absolute atomic E-state index is 0.315. The molecule has 0 spiro atoms. The first-order valence-electron chi connectivity index (χ1n) is 59.4. The number of aryl methyl sites for hydroxylation is 7. The number of ketones is 2. The topological polar surface area (TPSA) is 163 Å². The highest BCUT2D eigenvalue weighted by Crippen LogP contribution is 2.31. The standard InChI is InChI=1S/C17H20.C14H21N.C13H19N.C12H18N2.C12H19N.3C9H17NO.C9H19N.C9H18.C8H15NO.C7H17N/c1-2-15-11-13-17(14-12-15)10-6-9-16-7-4-3-5-8-16;1-2-13-6-8-14(9-7-13)12-15-10-4-3-5-11-15;1-2-12-8-4-5-9-13(12)14-10-6-3-7-11-14;1-2-11-4-3-5-12(10-11)14-8-6-13-7-9-14;1-2-3-4-5-6-9-12-10-7-8-11-13-12;1-9(11)5-8-10-6-3-2-4-7-10;1-3-9(11)10-6-4-8(2)5-7-10;1-2-9(11)7-8-3-5-10-6-4-8;1-2-3-8-4-6-9(10)7-5-8;1-3-9-6-4-8(2)5-7-9;1-2-8(10)9-6-4-3-5-7-9;1-3-5-7-8-6-4-2/h3-5,7-8,11-14H,2,6,9-10H2,1H3;6-9H,2-5,10-12H2,1H3;4-5,8-9H,2-3,6-7,10-11H2,1H3;3-5,10,13H,2,6-9H2,1H3;7-8,10-11H,2-6,9H2,1H3;2-8H2,1H3;8H,3-7H2,1-2H3;8,10H,2-7H2,1H3;8-9H,2-7,10H2,1H3;8-9H,3-7H2,1-2H3;2-7H2,1H3;8H,3-7H2,1-2H3. The van der Waals surface area contributed by atoms with E-state index in [1.54, 1.807) is 6.92 Å². The molecule has 0 unspecified atom stereocenters. The fraction of sp³-hybridized carbons (Fsp3) is 0.695. The number of carbonyl (C=O) groups is 4. The molecule has 1 aromatic heterocycles. The number of anilines is 2. The van der Waals surface area contributed by atoms with Crippen molar-refractivity contribution in [3.63, 3.8) is 0 Å². The predicted octanol–water partition coefficient (Wildman–Crippen LogP) is 29.3. The Hall–Kier alpha value is -7.11. The number of benzene rings is 5. The Labute approximate surface area is 879 Å². The van der Waals surface area contributed by atoms with Crippen LogP contribution in [0.1, 0.15) is 412 Å². The van der Waals surface area contributed by atoms with Crippen molar-refractivity contribution in [3.8, 4) is 0 Å². The zero-order valence-electron chi connectivity index (χ0n) is 94.8. The van der Waals surface area contributed by atoms with Gasteiger partial charge in [0.25, 0.3) is 0 Å². The van der Waals surface area contributed by atoms with Gasteiger partial charge in [0, 0.05) is 140 Å². The van der Waals surface area contributed by atoms with E-state index in [-0.39, 0.29) is 0 Å². The average Bonchev–Trinajstić information content (AvgIpc) is 0.863. The van der Waals surface area contributed by atoms with Crippen LogP contribution in [0.5, 0.6) is 0 Å². The molecule has 9 fully saturated rings. The lowest BCUT2D eigenvalue weighted by Gasteiger charge is -2.30. The number of rotatable bonds is 34. The maximum absolute atomic E-state index is 11.2. The Balaban J connectivity index is 0.000000327. The maximum Gasteiger partial charge on any atom is 0.222 e. The van der Waals surface area contributed by atoms with Crippen molar-refractivity contribution in [1.82, 2.24) is 40.5 Å². The molecule has 8 heterocycles. The number of nitrogens with zero attached hydrogens (tertiary/aromatic N) is 7. The first-order valence-corrected chi connectivity index (χ1v) is 59.4. The van der Waals surface area contributed by atoms with Gasteiger partial charge in [-0.1, -0.05) is 302 Å². The fourth-order valence-corrected chi connectivity index (χ4v) is 20.1. The molecule has 2 saturated carbocycles. The largest absolute Gasteiger partial charge is 0.371 e. The first kappa shape index (κ1) is 128. The molecule has 5 N–H and O–H groups in total. The summed E-state index contributed by atoms with van der Waals surface area (Å²) < 4.78 is 0. The molecule has 808 valence electrons. The van der Waals surface area contributed by atoms with E-state index in [1.165, 1.54) is 352 Å². The van der Waals surface area contributed by atoms with Crippen LogP contribution >= 0.6 is 0 Å². The molecule has 15 rings (SSSR count). The zero-order chi connectivity index (χ0) is 104. The summed E-state index contributed by atoms with van der Waals surface area (Å²) in [7, 11) is 0. The van der Waals surface area contributed by atoms with Gasteiger partial charge in [0.05, 0.1) is 0 Å². The molecule has 0 bridgehead atoms. The maximum atomic E-state index is 11.2. The Kier molecular flexibility index (Phi) is 76.9. The smallest absolute Gasteiger partial charge is 0.222 e. The molecule has 15 nitrogen and oxygen atoms in total. The summed E-state index contributed by atoms with van der Waals surface area (Å²) in [5.74, 6) is 5.96. The monoisotopic (exact) mass is 1970 g/mol. The molecule has 5 aromatic carbocycles. The number of pyridine rings is 1. The molecule has 0 radical (unpaired) electrons. The van der Waals surface area contributed by atoms with Crippen molar-refractivity contribution < 1.29 is 19.2 Å². The van der Waals surface area contributed by atoms with Gasteiger partial charge in [0.2, 0.25) is 11.8 Å². The Morgan fingerprint density at radius 3 is 1.42 bits per heavy atom. The van der Waals surface area contributed by atoms with E-state index in [2.05, 4.69) is 256 Å².